The number of benzene rings is 1. The van der Waals surface area contributed by atoms with Gasteiger partial charge in [0.1, 0.15) is 11.8 Å². The van der Waals surface area contributed by atoms with E-state index >= 15 is 0 Å². The summed E-state index contributed by atoms with van der Waals surface area (Å²) in [7, 11) is 0. The number of halogens is 1. The van der Waals surface area contributed by atoms with Crippen molar-refractivity contribution >= 4 is 17.3 Å². The molecule has 0 heterocycles. The average molecular weight is 211 g/mol. The molecule has 3 nitrogen and oxygen atoms in total. The molecule has 0 aliphatic heterocycles. The Bertz CT molecular complexity index is 360. The van der Waals surface area contributed by atoms with Gasteiger partial charge in [0, 0.05) is 5.69 Å². The third-order valence-corrected chi connectivity index (χ3v) is 2.04. The number of nitriles is 1. The smallest absolute Gasteiger partial charge is 0.184 e. The van der Waals surface area contributed by atoms with Gasteiger partial charge in [0.25, 0.3) is 0 Å². The van der Waals surface area contributed by atoms with Crippen LogP contribution in [-0.4, -0.2) is 6.10 Å². The van der Waals surface area contributed by atoms with E-state index in [1.165, 1.54) is 0 Å². The SMILES string of the molecule is CCC(C#N)Oc1ccc(N)cc1Cl. The number of hydrogen-bond donors (Lipinski definition) is 1. The summed E-state index contributed by atoms with van der Waals surface area (Å²) in [6.45, 7) is 1.87. The van der Waals surface area contributed by atoms with Crippen LogP contribution in [0.3, 0.4) is 0 Å². The van der Waals surface area contributed by atoms with Crippen LogP contribution in [0.4, 0.5) is 5.69 Å². The van der Waals surface area contributed by atoms with Crippen molar-refractivity contribution in [1.29, 1.82) is 5.26 Å². The Labute approximate surface area is 88.0 Å². The average Bonchev–Trinajstić information content (AvgIpc) is 2.17. The highest BCUT2D eigenvalue weighted by Crippen LogP contribution is 2.27. The van der Waals surface area contributed by atoms with Gasteiger partial charge in [-0.15, -0.1) is 0 Å². The second-order valence-electron chi connectivity index (χ2n) is 2.83. The first-order chi connectivity index (χ1) is 6.67. The minimum absolute atomic E-state index is 0.429. The fourth-order valence-corrected chi connectivity index (χ4v) is 1.20. The van der Waals surface area contributed by atoms with Crippen molar-refractivity contribution < 1.29 is 4.74 Å². The summed E-state index contributed by atoms with van der Waals surface area (Å²) in [5, 5.41) is 9.12. The van der Waals surface area contributed by atoms with E-state index in [1.54, 1.807) is 18.2 Å². The third-order valence-electron chi connectivity index (χ3n) is 1.74. The summed E-state index contributed by atoms with van der Waals surface area (Å²) in [6.07, 6.45) is 0.160. The zero-order valence-electron chi connectivity index (χ0n) is 7.83. The second kappa shape index (κ2) is 4.73. The summed E-state index contributed by atoms with van der Waals surface area (Å²) < 4.78 is 5.35. The lowest BCUT2D eigenvalue weighted by Gasteiger charge is -2.11. The van der Waals surface area contributed by atoms with Crippen molar-refractivity contribution in [3.8, 4) is 11.8 Å². The van der Waals surface area contributed by atoms with E-state index in [2.05, 4.69) is 0 Å². The molecular formula is C10H11ClN2O. The Kier molecular flexibility index (Phi) is 3.61. The van der Waals surface area contributed by atoms with E-state index in [4.69, 9.17) is 27.3 Å². The first kappa shape index (κ1) is 10.7. The molecule has 0 saturated carbocycles. The molecule has 0 bridgehead atoms. The molecule has 0 radical (unpaired) electrons. The van der Waals surface area contributed by atoms with E-state index in [0.29, 0.717) is 22.9 Å². The van der Waals surface area contributed by atoms with Crippen LogP contribution in [0, 0.1) is 11.3 Å². The van der Waals surface area contributed by atoms with Crippen LogP contribution < -0.4 is 10.5 Å². The van der Waals surface area contributed by atoms with E-state index in [0.717, 1.165) is 0 Å². The minimum atomic E-state index is -0.462. The highest BCUT2D eigenvalue weighted by atomic mass is 35.5. The maximum atomic E-state index is 8.69. The van der Waals surface area contributed by atoms with Crippen LogP contribution in [0.5, 0.6) is 5.75 Å². The maximum Gasteiger partial charge on any atom is 0.184 e. The van der Waals surface area contributed by atoms with E-state index in [-0.39, 0.29) is 0 Å². The van der Waals surface area contributed by atoms with Gasteiger partial charge in [-0.05, 0) is 24.6 Å². The number of hydrogen-bond acceptors (Lipinski definition) is 3. The first-order valence-corrected chi connectivity index (χ1v) is 4.66. The Morgan fingerprint density at radius 1 is 1.64 bits per heavy atom. The number of nitrogens with zero attached hydrogens (tertiary/aromatic N) is 1. The van der Waals surface area contributed by atoms with Crippen LogP contribution in [0.15, 0.2) is 18.2 Å². The Hall–Kier alpha value is -1.40. The van der Waals surface area contributed by atoms with Crippen molar-refractivity contribution in [2.75, 3.05) is 5.73 Å². The quantitative estimate of drug-likeness (QED) is 0.781. The van der Waals surface area contributed by atoms with Crippen molar-refractivity contribution in [1.82, 2.24) is 0 Å². The van der Waals surface area contributed by atoms with Crippen LogP contribution in [0.2, 0.25) is 5.02 Å². The summed E-state index contributed by atoms with van der Waals surface area (Å²) in [4.78, 5) is 0. The predicted octanol–water partition coefficient (Wildman–Crippen LogP) is 2.60. The lowest BCUT2D eigenvalue weighted by Crippen LogP contribution is -2.12. The molecular weight excluding hydrogens is 200 g/mol. The van der Waals surface area contributed by atoms with Crippen molar-refractivity contribution in [2.24, 2.45) is 0 Å². The molecule has 0 aliphatic rings. The topological polar surface area (TPSA) is 59.0 Å². The van der Waals surface area contributed by atoms with Gasteiger partial charge < -0.3 is 10.5 Å². The molecule has 1 rings (SSSR count). The van der Waals surface area contributed by atoms with E-state index in [9.17, 15) is 0 Å². The van der Waals surface area contributed by atoms with Crippen molar-refractivity contribution in [3.63, 3.8) is 0 Å². The fraction of sp³-hybridized carbons (Fsp3) is 0.300. The highest BCUT2D eigenvalue weighted by Gasteiger charge is 2.08. The summed E-state index contributed by atoms with van der Waals surface area (Å²) >= 11 is 5.87. The molecule has 0 fully saturated rings. The van der Waals surface area contributed by atoms with Crippen LogP contribution in [-0.2, 0) is 0 Å². The van der Waals surface area contributed by atoms with Crippen LogP contribution in [0.1, 0.15) is 13.3 Å². The Morgan fingerprint density at radius 3 is 2.86 bits per heavy atom. The van der Waals surface area contributed by atoms with Gasteiger partial charge in [-0.3, -0.25) is 0 Å². The summed E-state index contributed by atoms with van der Waals surface area (Å²) in [5.41, 5.74) is 6.09. The molecule has 0 aromatic heterocycles. The number of nitrogen functional groups attached to an aromatic ring is 1. The largest absolute Gasteiger partial charge is 0.474 e. The van der Waals surface area contributed by atoms with Gasteiger partial charge >= 0.3 is 0 Å². The highest BCUT2D eigenvalue weighted by molar-refractivity contribution is 6.32. The molecule has 2 N–H and O–H groups in total. The molecule has 1 unspecified atom stereocenters. The van der Waals surface area contributed by atoms with E-state index in [1.807, 2.05) is 13.0 Å². The van der Waals surface area contributed by atoms with Gasteiger partial charge in [-0.25, -0.2) is 0 Å². The zero-order valence-corrected chi connectivity index (χ0v) is 8.58. The third kappa shape index (κ3) is 2.54. The molecule has 4 heteroatoms. The number of nitrogens with two attached hydrogens (primary N) is 1. The molecule has 1 aromatic carbocycles. The summed E-state index contributed by atoms with van der Waals surface area (Å²) in [5.74, 6) is 0.495. The van der Waals surface area contributed by atoms with Crippen LogP contribution >= 0.6 is 11.6 Å². The maximum absolute atomic E-state index is 8.69. The minimum Gasteiger partial charge on any atom is -0.474 e. The normalized spacial score (nSPS) is 11.8. The summed E-state index contributed by atoms with van der Waals surface area (Å²) in [6, 6.07) is 6.98. The lowest BCUT2D eigenvalue weighted by molar-refractivity contribution is 0.252. The number of rotatable bonds is 3. The Morgan fingerprint density at radius 2 is 2.36 bits per heavy atom. The molecule has 0 spiro atoms. The number of anilines is 1. The van der Waals surface area contributed by atoms with Gasteiger partial charge in [0.05, 0.1) is 5.02 Å². The molecule has 0 amide bonds. The molecule has 74 valence electrons. The molecule has 1 aromatic rings. The lowest BCUT2D eigenvalue weighted by atomic mass is 10.3. The Balaban J connectivity index is 2.82. The van der Waals surface area contributed by atoms with E-state index < -0.39 is 6.10 Å². The molecule has 1 atom stereocenters. The molecule has 14 heavy (non-hydrogen) atoms. The zero-order chi connectivity index (χ0) is 10.6. The molecule has 0 saturated heterocycles. The molecule has 0 aliphatic carbocycles. The first-order valence-electron chi connectivity index (χ1n) is 4.28. The predicted molar refractivity (Wildman–Crippen MR) is 56.2 cm³/mol. The number of ether oxygens (including phenoxy) is 1. The van der Waals surface area contributed by atoms with Gasteiger partial charge in [0.2, 0.25) is 0 Å². The second-order valence-corrected chi connectivity index (χ2v) is 3.24. The monoisotopic (exact) mass is 210 g/mol. The van der Waals surface area contributed by atoms with Gasteiger partial charge in [0.15, 0.2) is 6.10 Å². The standard InChI is InChI=1S/C10H11ClN2O/c1-2-8(6-12)14-10-4-3-7(13)5-9(10)11/h3-5,8H,2,13H2,1H3. The van der Waals surface area contributed by atoms with Crippen LogP contribution in [0.25, 0.3) is 0 Å². The fourth-order valence-electron chi connectivity index (χ4n) is 0.967. The van der Waals surface area contributed by atoms with Crippen molar-refractivity contribution in [3.05, 3.63) is 23.2 Å². The van der Waals surface area contributed by atoms with Crippen molar-refractivity contribution in [2.45, 2.75) is 19.4 Å². The van der Waals surface area contributed by atoms with Gasteiger partial charge in [-0.1, -0.05) is 18.5 Å². The van der Waals surface area contributed by atoms with Gasteiger partial charge in [-0.2, -0.15) is 5.26 Å².